The second kappa shape index (κ2) is 24.8. The maximum atomic E-state index is 15.2. The number of benzene rings is 3. The second-order valence-corrected chi connectivity index (χ2v) is 12.0. The van der Waals surface area contributed by atoms with E-state index >= 15 is 4.39 Å². The second-order valence-electron chi connectivity index (χ2n) is 10.5. The monoisotopic (exact) mass is 781 g/mol. The van der Waals surface area contributed by atoms with Crippen LogP contribution in [0.5, 0.6) is 0 Å². The number of nitrogens with zero attached hydrogens (tertiary/aromatic N) is 3. The number of esters is 2. The minimum absolute atomic E-state index is 0.104. The maximum Gasteiger partial charge on any atom is 0.338 e. The third-order valence-corrected chi connectivity index (χ3v) is 8.24. The highest BCUT2D eigenvalue weighted by Gasteiger charge is 2.36. The smallest absolute Gasteiger partial charge is 0.338 e. The topological polar surface area (TPSA) is 203 Å². The Bertz CT molecular complexity index is 1720. The van der Waals surface area contributed by atoms with E-state index in [2.05, 4.69) is 20.0 Å². The predicted molar refractivity (Wildman–Crippen MR) is 195 cm³/mol. The number of ether oxygens (including phenoxy) is 2. The van der Waals surface area contributed by atoms with Crippen molar-refractivity contribution in [3.8, 4) is 0 Å². The van der Waals surface area contributed by atoms with Crippen molar-refractivity contribution in [1.82, 2.24) is 0 Å². The van der Waals surface area contributed by atoms with Crippen LogP contribution >= 0.6 is 0 Å². The molecule has 54 heavy (non-hydrogen) atoms. The first-order valence-corrected chi connectivity index (χ1v) is 18.0. The Morgan fingerprint density at radius 1 is 0.778 bits per heavy atom. The molecular weight excluding hydrogens is 736 g/mol. The minimum Gasteiger partial charge on any atom is -0.450 e. The average Bonchev–Trinajstić information content (AvgIpc) is 3.20. The maximum absolute atomic E-state index is 15.2. The van der Waals surface area contributed by atoms with Gasteiger partial charge in [-0.25, -0.2) is 18.4 Å². The molecule has 18 heteroatoms. The highest BCUT2D eigenvalue weighted by molar-refractivity contribution is 7.86. The molecule has 0 aliphatic rings. The summed E-state index contributed by atoms with van der Waals surface area (Å²) in [5.74, 6) is -1.54. The van der Waals surface area contributed by atoms with Gasteiger partial charge in [-0.05, 0) is 49.2 Å². The van der Waals surface area contributed by atoms with Crippen molar-refractivity contribution in [2.24, 2.45) is 10.3 Å². The fourth-order valence-corrected chi connectivity index (χ4v) is 5.23. The molecule has 3 rings (SSSR count). The third kappa shape index (κ3) is 15.3. The summed E-state index contributed by atoms with van der Waals surface area (Å²) in [5.41, 5.74) is 0.132. The largest absolute Gasteiger partial charge is 0.450 e. The van der Waals surface area contributed by atoms with Crippen LogP contribution in [0.1, 0.15) is 61.3 Å². The highest BCUT2D eigenvalue weighted by Crippen LogP contribution is 2.23. The van der Waals surface area contributed by atoms with Crippen LogP contribution in [0.3, 0.4) is 0 Å². The molecule has 3 aromatic carbocycles. The molecule has 0 amide bonds. The van der Waals surface area contributed by atoms with Gasteiger partial charge in [0.1, 0.15) is 20.3 Å². The summed E-state index contributed by atoms with van der Waals surface area (Å²) >= 11 is 0. The van der Waals surface area contributed by atoms with Crippen LogP contribution < -0.4 is 0 Å². The van der Waals surface area contributed by atoms with E-state index in [1.807, 2.05) is 13.8 Å². The van der Waals surface area contributed by atoms with Gasteiger partial charge in [0, 0.05) is 12.1 Å². The van der Waals surface area contributed by atoms with Gasteiger partial charge in [-0.15, -0.1) is 0 Å². The quantitative estimate of drug-likeness (QED) is 0.0500. The van der Waals surface area contributed by atoms with E-state index in [1.165, 1.54) is 33.3 Å². The Labute approximate surface area is 312 Å². The summed E-state index contributed by atoms with van der Waals surface area (Å²) < 4.78 is 69.5. The van der Waals surface area contributed by atoms with E-state index < -0.39 is 68.6 Å². The molecule has 6 atom stereocenters. The first-order chi connectivity index (χ1) is 25.8. The van der Waals surface area contributed by atoms with Crippen LogP contribution in [0.15, 0.2) is 100 Å². The molecule has 296 valence electrons. The van der Waals surface area contributed by atoms with Crippen LogP contribution in [0.25, 0.3) is 0 Å². The summed E-state index contributed by atoms with van der Waals surface area (Å²) in [7, 11) is -1.98. The van der Waals surface area contributed by atoms with E-state index in [0.29, 0.717) is 5.56 Å². The lowest BCUT2D eigenvalue weighted by Gasteiger charge is -2.24. The molecule has 0 aliphatic heterocycles. The number of alkyl halides is 2. The summed E-state index contributed by atoms with van der Waals surface area (Å²) in [6.45, 7) is 7.10. The normalized spacial score (nSPS) is 14.5. The zero-order chi connectivity index (χ0) is 40.7. The Hall–Kier alpha value is -5.33. The number of nitro groups is 1. The lowest BCUT2D eigenvalue weighted by molar-refractivity contribution is -0.384. The average molecular weight is 782 g/mol. The van der Waals surface area contributed by atoms with E-state index in [-0.39, 0.29) is 24.1 Å². The van der Waals surface area contributed by atoms with E-state index in [1.54, 1.807) is 55.5 Å². The number of carbonyl (C=O) groups excluding carboxylic acids is 2. The first-order valence-electron chi connectivity index (χ1n) is 16.6. The van der Waals surface area contributed by atoms with Gasteiger partial charge in [0.25, 0.3) is 15.8 Å². The van der Waals surface area contributed by atoms with Crippen LogP contribution in [-0.4, -0.2) is 93.8 Å². The minimum atomic E-state index is -4.47. The number of carbonyl (C=O) groups is 2. The van der Waals surface area contributed by atoms with Gasteiger partial charge >= 0.3 is 11.9 Å². The Balaban J connectivity index is 0.000000569. The number of rotatable bonds is 18. The van der Waals surface area contributed by atoms with Gasteiger partial charge in [-0.2, -0.15) is 8.42 Å². The molecule has 3 aromatic rings. The van der Waals surface area contributed by atoms with E-state index in [9.17, 15) is 37.6 Å². The van der Waals surface area contributed by atoms with Gasteiger partial charge in [-0.3, -0.25) is 14.3 Å². The van der Waals surface area contributed by atoms with Gasteiger partial charge < -0.3 is 24.3 Å². The lowest BCUT2D eigenvalue weighted by atomic mass is 10.1. The number of oxime groups is 2. The molecule has 15 nitrogen and oxygen atoms in total. The Morgan fingerprint density at radius 3 is 1.57 bits per heavy atom. The number of nitro benzene ring substituents is 1. The predicted octanol–water partition coefficient (Wildman–Crippen LogP) is 6.25. The third-order valence-electron chi connectivity index (χ3n) is 6.89. The molecule has 0 radical (unpaired) electrons. The zero-order valence-corrected chi connectivity index (χ0v) is 31.4. The van der Waals surface area contributed by atoms with Gasteiger partial charge in [0.2, 0.25) is 0 Å². The number of aliphatic hydroxyl groups excluding tert-OH is 1. The van der Waals surface area contributed by atoms with Gasteiger partial charge in [-0.1, -0.05) is 74.4 Å². The molecule has 0 aliphatic carbocycles. The van der Waals surface area contributed by atoms with Crippen LogP contribution in [0, 0.1) is 10.1 Å². The number of halogens is 2. The van der Waals surface area contributed by atoms with E-state index in [4.69, 9.17) is 13.7 Å². The van der Waals surface area contributed by atoms with Crippen LogP contribution in [-0.2, 0) is 33.5 Å². The molecule has 0 spiro atoms. The zero-order valence-electron chi connectivity index (χ0n) is 30.6. The summed E-state index contributed by atoms with van der Waals surface area (Å²) in [4.78, 5) is 42.8. The Morgan fingerprint density at radius 2 is 1.20 bits per heavy atom. The van der Waals surface area contributed by atoms with Crippen molar-refractivity contribution in [3.05, 3.63) is 106 Å². The van der Waals surface area contributed by atoms with Crippen molar-refractivity contribution in [3.63, 3.8) is 0 Å². The van der Waals surface area contributed by atoms with E-state index in [0.717, 1.165) is 36.7 Å². The fourth-order valence-electron chi connectivity index (χ4n) is 4.08. The van der Waals surface area contributed by atoms with Crippen molar-refractivity contribution in [2.75, 3.05) is 14.2 Å². The van der Waals surface area contributed by atoms with Crippen LogP contribution in [0.4, 0.5) is 14.5 Å². The van der Waals surface area contributed by atoms with Gasteiger partial charge in [0.05, 0.1) is 39.5 Å². The molecule has 0 heterocycles. The Kier molecular flexibility index (Phi) is 21.5. The van der Waals surface area contributed by atoms with Crippen molar-refractivity contribution in [1.29, 1.82) is 0 Å². The summed E-state index contributed by atoms with van der Waals surface area (Å²) in [6.07, 6.45) is -7.61. The molecule has 0 saturated heterocycles. The standard InChI is InChI=1S/C20H21FN2O8S.C14H18FNO4.C2H6/c1-3-17(31-32(27,28)16-11-9-15(10-12-16)23(25)26)19(21)18(13-22-29-2)30-20(24)14-7-5-4-6-8-14;1-3-11(17)13(15)12(9-16-19-2)20-14(18)10-7-5-4-6-8-10;1-2/h4-13,17-19H,3H2,1-2H3;4-9,11-13,17H,3H2,1-2H3;1-2H3/t17-,18+,19-;11-,12+,13-;/m11./s1. The lowest BCUT2D eigenvalue weighted by Crippen LogP contribution is -2.40. The number of non-ortho nitro benzene ring substituents is 1. The van der Waals surface area contributed by atoms with Crippen molar-refractivity contribution in [2.45, 2.75) is 82.2 Å². The fraction of sp³-hybridized carbons (Fsp3) is 0.389. The molecule has 0 bridgehead atoms. The molecule has 0 fully saturated rings. The van der Waals surface area contributed by atoms with Crippen molar-refractivity contribution < 1.29 is 60.1 Å². The number of hydrogen-bond acceptors (Lipinski definition) is 14. The van der Waals surface area contributed by atoms with Crippen molar-refractivity contribution >= 4 is 40.2 Å². The summed E-state index contributed by atoms with van der Waals surface area (Å²) in [5, 5.41) is 27.1. The van der Waals surface area contributed by atoms with Gasteiger partial charge in [0.15, 0.2) is 24.6 Å². The number of aliphatic hydroxyl groups is 1. The molecule has 0 aromatic heterocycles. The molecule has 0 saturated carbocycles. The summed E-state index contributed by atoms with van der Waals surface area (Å²) in [6, 6.07) is 19.9. The first kappa shape index (κ1) is 46.7. The highest BCUT2D eigenvalue weighted by atomic mass is 32.2. The molecule has 0 unspecified atom stereocenters. The number of hydrogen-bond donors (Lipinski definition) is 1. The molecular formula is C36H45F2N3O12S. The molecule has 1 N–H and O–H groups in total. The van der Waals surface area contributed by atoms with Crippen LogP contribution in [0.2, 0.25) is 0 Å². The SMILES string of the molecule is CC.CC[C@@H](O)[C@@H](F)[C@H](C=NOC)OC(=O)c1ccccc1.CC[C@@H](OS(=O)(=O)c1ccc([N+](=O)[O-])cc1)[C@@H](F)[C@H](C=NOC)OC(=O)c1ccccc1.